The van der Waals surface area contributed by atoms with Crippen LogP contribution in [-0.4, -0.2) is 18.7 Å². The first kappa shape index (κ1) is 11.9. The Morgan fingerprint density at radius 3 is 2.62 bits per heavy atom. The normalized spacial score (nSPS) is 9.31. The third-order valence-electron chi connectivity index (χ3n) is 1.63. The van der Waals surface area contributed by atoms with Crippen molar-refractivity contribution in [1.82, 2.24) is 5.32 Å². The zero-order chi connectivity index (χ0) is 10.1. The van der Waals surface area contributed by atoms with Gasteiger partial charge in [-0.15, -0.1) is 0 Å². The molecule has 0 aromatic carbocycles. The molecule has 0 aliphatic rings. The lowest BCUT2D eigenvalue weighted by Crippen LogP contribution is -2.24. The Hall–Kier alpha value is -1.12. The van der Waals surface area contributed by atoms with Crippen LogP contribution >= 0.6 is 0 Å². The van der Waals surface area contributed by atoms with Crippen molar-refractivity contribution in [2.45, 2.75) is 32.6 Å². The fraction of sp³-hybridized carbons (Fsp3) is 0.600. The monoisotopic (exact) mass is 182 g/mol. The Morgan fingerprint density at radius 1 is 1.38 bits per heavy atom. The molecular weight excluding hydrogens is 166 g/mol. The Balaban J connectivity index is 3.21. The SMILES string of the molecule is C=C(C)C(=O)NCCCCC[C]=O. The molecule has 0 saturated carbocycles. The van der Waals surface area contributed by atoms with Gasteiger partial charge in [-0.2, -0.15) is 0 Å². The second-order valence-corrected chi connectivity index (χ2v) is 2.99. The van der Waals surface area contributed by atoms with Gasteiger partial charge in [0.2, 0.25) is 5.91 Å². The molecule has 0 spiro atoms. The van der Waals surface area contributed by atoms with Crippen LogP contribution in [0.25, 0.3) is 0 Å². The van der Waals surface area contributed by atoms with Crippen LogP contribution in [0.5, 0.6) is 0 Å². The molecule has 0 aliphatic heterocycles. The summed E-state index contributed by atoms with van der Waals surface area (Å²) in [7, 11) is 0. The van der Waals surface area contributed by atoms with E-state index in [0.29, 0.717) is 18.5 Å². The maximum atomic E-state index is 11.0. The van der Waals surface area contributed by atoms with Crippen molar-refractivity contribution in [1.29, 1.82) is 0 Å². The minimum Gasteiger partial charge on any atom is -0.352 e. The highest BCUT2D eigenvalue weighted by molar-refractivity contribution is 5.91. The van der Waals surface area contributed by atoms with Gasteiger partial charge in [0.25, 0.3) is 0 Å². The quantitative estimate of drug-likeness (QED) is 0.477. The Morgan fingerprint density at radius 2 is 2.08 bits per heavy atom. The molecule has 0 saturated heterocycles. The van der Waals surface area contributed by atoms with E-state index in [1.165, 1.54) is 0 Å². The van der Waals surface area contributed by atoms with Gasteiger partial charge in [-0.1, -0.05) is 13.0 Å². The highest BCUT2D eigenvalue weighted by Crippen LogP contribution is 1.96. The molecule has 0 fully saturated rings. The molecule has 0 aromatic heterocycles. The summed E-state index contributed by atoms with van der Waals surface area (Å²) in [5, 5.41) is 2.72. The summed E-state index contributed by atoms with van der Waals surface area (Å²) in [6, 6.07) is 0. The van der Waals surface area contributed by atoms with E-state index in [1.807, 2.05) is 6.29 Å². The van der Waals surface area contributed by atoms with Crippen LogP contribution in [0.1, 0.15) is 32.6 Å². The van der Waals surface area contributed by atoms with Gasteiger partial charge in [0, 0.05) is 18.5 Å². The molecule has 0 unspecified atom stereocenters. The fourth-order valence-electron chi connectivity index (χ4n) is 0.852. The lowest BCUT2D eigenvalue weighted by molar-refractivity contribution is -0.117. The Kier molecular flexibility index (Phi) is 6.88. The number of hydrogen-bond donors (Lipinski definition) is 1. The van der Waals surface area contributed by atoms with E-state index in [4.69, 9.17) is 0 Å². The van der Waals surface area contributed by atoms with Crippen molar-refractivity contribution in [2.75, 3.05) is 6.54 Å². The zero-order valence-electron chi connectivity index (χ0n) is 8.06. The van der Waals surface area contributed by atoms with Gasteiger partial charge >= 0.3 is 0 Å². The summed E-state index contributed by atoms with van der Waals surface area (Å²) in [5.74, 6) is -0.0954. The molecule has 0 bridgehead atoms. The van der Waals surface area contributed by atoms with Crippen LogP contribution in [0.3, 0.4) is 0 Å². The van der Waals surface area contributed by atoms with Crippen molar-refractivity contribution < 1.29 is 9.59 Å². The molecule has 1 amide bonds. The summed E-state index contributed by atoms with van der Waals surface area (Å²) in [6.07, 6.45) is 5.04. The van der Waals surface area contributed by atoms with Gasteiger partial charge in [-0.3, -0.25) is 9.59 Å². The second kappa shape index (κ2) is 7.53. The maximum Gasteiger partial charge on any atom is 0.246 e. The summed E-state index contributed by atoms with van der Waals surface area (Å²) >= 11 is 0. The highest BCUT2D eigenvalue weighted by atomic mass is 16.1. The second-order valence-electron chi connectivity index (χ2n) is 2.99. The summed E-state index contributed by atoms with van der Waals surface area (Å²) in [5.41, 5.74) is 0.529. The van der Waals surface area contributed by atoms with Gasteiger partial charge in [0.05, 0.1) is 0 Å². The predicted octanol–water partition coefficient (Wildman–Crippen LogP) is 1.35. The lowest BCUT2D eigenvalue weighted by atomic mass is 10.2. The van der Waals surface area contributed by atoms with Gasteiger partial charge in [-0.25, -0.2) is 0 Å². The van der Waals surface area contributed by atoms with Gasteiger partial charge in [0.1, 0.15) is 0 Å². The smallest absolute Gasteiger partial charge is 0.246 e. The number of hydrogen-bond acceptors (Lipinski definition) is 2. The van der Waals surface area contributed by atoms with E-state index >= 15 is 0 Å². The molecule has 3 nitrogen and oxygen atoms in total. The first-order chi connectivity index (χ1) is 6.18. The fourth-order valence-corrected chi connectivity index (χ4v) is 0.852. The van der Waals surface area contributed by atoms with E-state index in [1.54, 1.807) is 6.92 Å². The largest absolute Gasteiger partial charge is 0.352 e. The number of carbonyl (C=O) groups is 1. The topological polar surface area (TPSA) is 46.2 Å². The van der Waals surface area contributed by atoms with Crippen molar-refractivity contribution >= 4 is 12.2 Å². The highest BCUT2D eigenvalue weighted by Gasteiger charge is 1.98. The Labute approximate surface area is 79.2 Å². The molecular formula is C10H16NO2. The molecule has 0 rings (SSSR count). The van der Waals surface area contributed by atoms with Crippen molar-refractivity contribution in [2.24, 2.45) is 0 Å². The Bertz CT molecular complexity index is 187. The molecule has 1 N–H and O–H groups in total. The van der Waals surface area contributed by atoms with E-state index in [-0.39, 0.29) is 5.91 Å². The van der Waals surface area contributed by atoms with Crippen LogP contribution in [0.2, 0.25) is 0 Å². The maximum absolute atomic E-state index is 11.0. The minimum absolute atomic E-state index is 0.0954. The number of carbonyl (C=O) groups excluding carboxylic acids is 2. The predicted molar refractivity (Wildman–Crippen MR) is 52.0 cm³/mol. The average Bonchev–Trinajstić information content (AvgIpc) is 2.10. The third-order valence-corrected chi connectivity index (χ3v) is 1.63. The standard InChI is InChI=1S/C10H16NO2/c1-9(2)10(13)11-7-5-3-4-6-8-12/h1,3-7H2,2H3,(H,11,13). The molecule has 0 heterocycles. The van der Waals surface area contributed by atoms with Gasteiger partial charge < -0.3 is 5.32 Å². The molecule has 0 aliphatic carbocycles. The van der Waals surface area contributed by atoms with E-state index < -0.39 is 0 Å². The minimum atomic E-state index is -0.0954. The van der Waals surface area contributed by atoms with Crippen LogP contribution in [0.4, 0.5) is 0 Å². The van der Waals surface area contributed by atoms with Crippen molar-refractivity contribution in [3.05, 3.63) is 12.2 Å². The first-order valence-electron chi connectivity index (χ1n) is 4.47. The number of amides is 1. The van der Waals surface area contributed by atoms with Crippen LogP contribution in [0, 0.1) is 0 Å². The number of nitrogens with one attached hydrogen (secondary N) is 1. The van der Waals surface area contributed by atoms with E-state index in [9.17, 15) is 9.59 Å². The first-order valence-corrected chi connectivity index (χ1v) is 4.47. The summed E-state index contributed by atoms with van der Waals surface area (Å²) in [6.45, 7) is 5.85. The summed E-state index contributed by atoms with van der Waals surface area (Å²) < 4.78 is 0. The molecule has 3 heteroatoms. The third kappa shape index (κ3) is 7.25. The van der Waals surface area contributed by atoms with Crippen LogP contribution < -0.4 is 5.32 Å². The summed E-state index contributed by atoms with van der Waals surface area (Å²) in [4.78, 5) is 20.8. The molecule has 1 radical (unpaired) electrons. The van der Waals surface area contributed by atoms with Gasteiger partial charge in [-0.05, 0) is 19.8 Å². The molecule has 73 valence electrons. The number of unbranched alkanes of at least 4 members (excludes halogenated alkanes) is 3. The van der Waals surface area contributed by atoms with Crippen molar-refractivity contribution in [3.63, 3.8) is 0 Å². The molecule has 0 aromatic rings. The van der Waals surface area contributed by atoms with E-state index in [2.05, 4.69) is 11.9 Å². The zero-order valence-corrected chi connectivity index (χ0v) is 8.06. The van der Waals surface area contributed by atoms with Gasteiger partial charge in [0.15, 0.2) is 6.29 Å². The average molecular weight is 182 g/mol. The molecule has 13 heavy (non-hydrogen) atoms. The van der Waals surface area contributed by atoms with Crippen molar-refractivity contribution in [3.8, 4) is 0 Å². The van der Waals surface area contributed by atoms with E-state index in [0.717, 1.165) is 19.3 Å². The van der Waals surface area contributed by atoms with Crippen LogP contribution in [-0.2, 0) is 9.59 Å². The lowest BCUT2D eigenvalue weighted by Gasteiger charge is -2.02. The molecule has 0 atom stereocenters. The van der Waals surface area contributed by atoms with Crippen LogP contribution in [0.15, 0.2) is 12.2 Å². The number of rotatable bonds is 7.